The molecule has 7 N–H and O–H groups in total. The van der Waals surface area contributed by atoms with Crippen LogP contribution in [0.25, 0.3) is 0 Å². The summed E-state index contributed by atoms with van der Waals surface area (Å²) in [7, 11) is 0.526. The molecular weight excluding hydrogens is 1130 g/mol. The molecule has 2 fully saturated rings. The molecule has 0 aliphatic carbocycles. The van der Waals surface area contributed by atoms with Gasteiger partial charge < -0.3 is 69.4 Å². The SMILES string of the molecule is CCCCCCCCCCCCCCCCCCCCCCCCCC(CC(=O)N[C@H](Cc1ccccc1)C(=O)N[C@@H](C(=O)N[C@H](C)C(=O)N[C@@H](C)CO[C@@H]1O[C@@H](C)[C@H](OC)[C@@H](OC)[C@H]1OS(=O)(=O)O)[C@@H](C)O[C@@H]1O[C@@H](C)[C@@H](O)[C@@H](OC)[C@H]1O)OC. The van der Waals surface area contributed by atoms with Crippen molar-refractivity contribution in [1.29, 1.82) is 0 Å². The van der Waals surface area contributed by atoms with Gasteiger partial charge in [-0.2, -0.15) is 8.42 Å². The Bertz CT molecular complexity index is 2120. The van der Waals surface area contributed by atoms with E-state index in [2.05, 4.69) is 28.2 Å². The molecule has 3 rings (SSSR count). The maximum absolute atomic E-state index is 14.6. The number of amides is 4. The fourth-order valence-corrected chi connectivity index (χ4v) is 11.8. The van der Waals surface area contributed by atoms with E-state index in [-0.39, 0.29) is 19.4 Å². The second kappa shape index (κ2) is 43.3. The molecule has 2 saturated heterocycles. The van der Waals surface area contributed by atoms with Gasteiger partial charge >= 0.3 is 10.4 Å². The lowest BCUT2D eigenvalue weighted by Crippen LogP contribution is -2.63. The molecule has 2 aliphatic heterocycles. The Balaban J connectivity index is 1.57. The quantitative estimate of drug-likeness (QED) is 0.0241. The molecule has 4 amide bonds. The zero-order valence-electron chi connectivity index (χ0n) is 53.6. The summed E-state index contributed by atoms with van der Waals surface area (Å²) in [5, 5.41) is 32.8. The number of hydrogen-bond acceptors (Lipinski definition) is 17. The van der Waals surface area contributed by atoms with Gasteiger partial charge in [0, 0.05) is 40.9 Å². The number of aliphatic hydroxyl groups excluding tert-OH is 2. The number of benzene rings is 1. The van der Waals surface area contributed by atoms with E-state index in [4.69, 9.17) is 42.1 Å². The van der Waals surface area contributed by atoms with Gasteiger partial charge in [-0.15, -0.1) is 0 Å². The molecule has 0 bridgehead atoms. The second-order valence-electron chi connectivity index (χ2n) is 23.7. The summed E-state index contributed by atoms with van der Waals surface area (Å²) in [6, 6.07) is 4.20. The van der Waals surface area contributed by atoms with E-state index in [9.17, 15) is 42.4 Å². The van der Waals surface area contributed by atoms with Crippen LogP contribution in [0.2, 0.25) is 0 Å². The van der Waals surface area contributed by atoms with Gasteiger partial charge in [0.25, 0.3) is 0 Å². The standard InChI is InChI=1S/C63H112N4O18S/c1-11-12-13-14-15-16-17-18-19-20-21-22-23-24-25-26-27-28-29-30-31-32-36-39-49(77-7)41-51(68)66-50(40-48-37-34-33-35-38-48)60(72)67-52(45(4)82-62-54(70)56(79-9)53(69)46(5)83-62)61(73)65-44(3)59(71)64-43(2)42-81-63-58(85-86(74,75)76)57(80-10)55(78-8)47(6)84-63/h33-35,37-38,43-47,49-50,52-58,62-63,69-70H,11-32,36,39-42H2,1-10H3,(H,64,71)(H,65,73)(H,66,68)(H,67,72)(H,74,75,76)/t43-,44+,45+,46-,47-,49?,50+,52+,53+,54+,55-,56+,57+,58+,62+,63+/m0/s1. The number of unbranched alkanes of at least 4 members (excludes halogenated alkanes) is 22. The maximum atomic E-state index is 14.6. The van der Waals surface area contributed by atoms with Crippen molar-refractivity contribution in [3.8, 4) is 0 Å². The highest BCUT2D eigenvalue weighted by Crippen LogP contribution is 2.30. The summed E-state index contributed by atoms with van der Waals surface area (Å²) in [6.45, 7) is 9.62. The highest BCUT2D eigenvalue weighted by Gasteiger charge is 2.49. The van der Waals surface area contributed by atoms with Crippen molar-refractivity contribution in [3.63, 3.8) is 0 Å². The van der Waals surface area contributed by atoms with Gasteiger partial charge in [0.05, 0.1) is 37.4 Å². The van der Waals surface area contributed by atoms with Crippen molar-refractivity contribution in [1.82, 2.24) is 21.3 Å². The van der Waals surface area contributed by atoms with E-state index in [1.807, 2.05) is 6.07 Å². The van der Waals surface area contributed by atoms with Gasteiger partial charge in [0.15, 0.2) is 18.7 Å². The third kappa shape index (κ3) is 29.5. The number of carbonyl (C=O) groups is 4. The van der Waals surface area contributed by atoms with Crippen molar-refractivity contribution >= 4 is 34.0 Å². The first-order valence-corrected chi connectivity index (χ1v) is 33.5. The molecule has 23 heteroatoms. The van der Waals surface area contributed by atoms with Crippen LogP contribution in [-0.4, -0.2) is 180 Å². The molecular formula is C63H112N4O18S. The minimum atomic E-state index is -5.01. The summed E-state index contributed by atoms with van der Waals surface area (Å²) in [5.74, 6) is -2.76. The molecule has 16 atom stereocenters. The monoisotopic (exact) mass is 1240 g/mol. The average Bonchev–Trinajstić information content (AvgIpc) is 2.33. The van der Waals surface area contributed by atoms with Gasteiger partial charge in [-0.05, 0) is 46.6 Å². The number of ether oxygens (including phenoxy) is 8. The highest BCUT2D eigenvalue weighted by molar-refractivity contribution is 7.80. The summed E-state index contributed by atoms with van der Waals surface area (Å²) in [4.78, 5) is 56.5. The first kappa shape index (κ1) is 76.8. The Morgan fingerprint density at radius 2 is 1.08 bits per heavy atom. The van der Waals surface area contributed by atoms with Crippen LogP contribution < -0.4 is 21.3 Å². The van der Waals surface area contributed by atoms with Crippen LogP contribution in [0.15, 0.2) is 30.3 Å². The predicted molar refractivity (Wildman–Crippen MR) is 327 cm³/mol. The zero-order chi connectivity index (χ0) is 63.4. The van der Waals surface area contributed by atoms with E-state index < -0.39 is 132 Å². The average molecular weight is 1250 g/mol. The van der Waals surface area contributed by atoms with Crippen LogP contribution in [0.5, 0.6) is 0 Å². The number of methoxy groups -OCH3 is 4. The van der Waals surface area contributed by atoms with Crippen molar-refractivity contribution in [2.24, 2.45) is 0 Å². The fraction of sp³-hybridized carbons (Fsp3) is 0.841. The molecule has 0 spiro atoms. The first-order valence-electron chi connectivity index (χ1n) is 32.1. The molecule has 1 aromatic carbocycles. The van der Waals surface area contributed by atoms with Crippen LogP contribution in [0, 0.1) is 0 Å². The number of rotatable bonds is 47. The normalized spacial score (nSPS) is 24.7. The summed E-state index contributed by atoms with van der Waals surface area (Å²) < 4.78 is 83.7. The van der Waals surface area contributed by atoms with E-state index >= 15 is 0 Å². The lowest BCUT2D eigenvalue weighted by atomic mass is 9.99. The molecule has 22 nitrogen and oxygen atoms in total. The minimum absolute atomic E-state index is 0.0107. The first-order chi connectivity index (χ1) is 41.2. The van der Waals surface area contributed by atoms with Gasteiger partial charge in [-0.3, -0.25) is 23.7 Å². The Morgan fingerprint density at radius 1 is 0.581 bits per heavy atom. The molecule has 498 valence electrons. The summed E-state index contributed by atoms with van der Waals surface area (Å²) in [5.41, 5.74) is 0.718. The lowest BCUT2D eigenvalue weighted by molar-refractivity contribution is -0.307. The smallest absolute Gasteiger partial charge is 0.388 e. The Hall–Kier alpha value is -3.43. The van der Waals surface area contributed by atoms with Gasteiger partial charge in [0.2, 0.25) is 23.6 Å². The molecule has 86 heavy (non-hydrogen) atoms. The van der Waals surface area contributed by atoms with E-state index in [0.717, 1.165) is 24.8 Å². The van der Waals surface area contributed by atoms with Crippen molar-refractivity contribution in [3.05, 3.63) is 35.9 Å². The van der Waals surface area contributed by atoms with Crippen LogP contribution in [0.1, 0.15) is 208 Å². The van der Waals surface area contributed by atoms with Crippen LogP contribution in [0.3, 0.4) is 0 Å². The Labute approximate surface area is 515 Å². The third-order valence-electron chi connectivity index (χ3n) is 16.4. The van der Waals surface area contributed by atoms with Crippen LogP contribution in [-0.2, 0) is 78.1 Å². The Kier molecular flexibility index (Phi) is 38.7. The van der Waals surface area contributed by atoms with Crippen LogP contribution >= 0.6 is 0 Å². The Morgan fingerprint density at radius 3 is 1.57 bits per heavy atom. The largest absolute Gasteiger partial charge is 0.397 e. The number of hydrogen-bond donors (Lipinski definition) is 7. The van der Waals surface area contributed by atoms with Gasteiger partial charge in [-0.1, -0.05) is 185 Å². The molecule has 0 radical (unpaired) electrons. The van der Waals surface area contributed by atoms with E-state index in [1.54, 1.807) is 52.1 Å². The second-order valence-corrected chi connectivity index (χ2v) is 24.8. The minimum Gasteiger partial charge on any atom is -0.388 e. The highest BCUT2D eigenvalue weighted by atomic mass is 32.3. The lowest BCUT2D eigenvalue weighted by Gasteiger charge is -2.43. The molecule has 0 saturated carbocycles. The maximum Gasteiger partial charge on any atom is 0.397 e. The van der Waals surface area contributed by atoms with E-state index in [1.165, 1.54) is 164 Å². The molecule has 1 unspecified atom stereocenters. The number of nitrogens with one attached hydrogen (secondary N) is 4. The molecule has 2 aliphatic rings. The molecule has 2 heterocycles. The van der Waals surface area contributed by atoms with Crippen molar-refractivity contribution in [2.75, 3.05) is 35.0 Å². The van der Waals surface area contributed by atoms with Crippen molar-refractivity contribution < 1.29 is 84.4 Å². The van der Waals surface area contributed by atoms with E-state index in [0.29, 0.717) is 6.42 Å². The summed E-state index contributed by atoms with van der Waals surface area (Å²) >= 11 is 0. The van der Waals surface area contributed by atoms with Crippen LogP contribution in [0.4, 0.5) is 0 Å². The molecule has 0 aromatic heterocycles. The van der Waals surface area contributed by atoms with Crippen molar-refractivity contribution in [2.45, 2.75) is 306 Å². The summed E-state index contributed by atoms with van der Waals surface area (Å²) in [6.07, 6.45) is 17.4. The van der Waals surface area contributed by atoms with Gasteiger partial charge in [-0.25, -0.2) is 4.18 Å². The number of carbonyl (C=O) groups excluding carboxylic acids is 4. The molecule has 1 aromatic rings. The fourth-order valence-electron chi connectivity index (χ4n) is 11.3. The topological polar surface area (TPSA) is 294 Å². The number of aliphatic hydroxyl groups is 2. The predicted octanol–water partition coefficient (Wildman–Crippen LogP) is 7.86. The van der Waals surface area contributed by atoms with Gasteiger partial charge in [0.1, 0.15) is 48.6 Å². The zero-order valence-corrected chi connectivity index (χ0v) is 54.4. The third-order valence-corrected chi connectivity index (χ3v) is 16.9.